The average molecular weight is 505 g/mol. The highest BCUT2D eigenvalue weighted by Crippen LogP contribution is 2.13. The Morgan fingerprint density at radius 1 is 0.694 bits per heavy atom. The number of carboxylic acids is 1. The lowest BCUT2D eigenvalue weighted by Gasteiger charge is -2.27. The van der Waals surface area contributed by atoms with E-state index in [1.165, 1.54) is 25.7 Å². The first-order chi connectivity index (χ1) is 17.3. The van der Waals surface area contributed by atoms with E-state index >= 15 is 0 Å². The molecule has 6 nitrogen and oxygen atoms in total. The predicted octanol–water partition coefficient (Wildman–Crippen LogP) is 6.72. The first-order valence-corrected chi connectivity index (χ1v) is 14.1. The maximum Gasteiger partial charge on any atom is 0.326 e. The molecule has 0 rings (SSSR count). The van der Waals surface area contributed by atoms with Gasteiger partial charge in [-0.25, -0.2) is 4.79 Å². The zero-order valence-electron chi connectivity index (χ0n) is 23.4. The van der Waals surface area contributed by atoms with Crippen LogP contribution in [0.3, 0.4) is 0 Å². The fraction of sp³-hybridized carbons (Fsp3) is 0.700. The molecule has 206 valence electrons. The third-order valence-corrected chi connectivity index (χ3v) is 6.63. The largest absolute Gasteiger partial charge is 0.480 e. The molecule has 0 aliphatic rings. The molecule has 0 radical (unpaired) electrons. The van der Waals surface area contributed by atoms with Crippen molar-refractivity contribution < 1.29 is 19.5 Å². The van der Waals surface area contributed by atoms with Crippen LogP contribution in [0.25, 0.3) is 0 Å². The number of unbranched alkanes of at least 4 members (excludes halogenated alkanes) is 5. The molecule has 0 fully saturated rings. The smallest absolute Gasteiger partial charge is 0.326 e. The van der Waals surface area contributed by atoms with Crippen LogP contribution in [-0.2, 0) is 14.4 Å². The van der Waals surface area contributed by atoms with Crippen LogP contribution in [0.4, 0.5) is 0 Å². The number of amides is 2. The highest BCUT2D eigenvalue weighted by Gasteiger charge is 2.31. The average Bonchev–Trinajstić information content (AvgIpc) is 2.86. The lowest BCUT2D eigenvalue weighted by Crippen LogP contribution is -2.55. The van der Waals surface area contributed by atoms with Crippen LogP contribution in [0.2, 0.25) is 0 Å². The van der Waals surface area contributed by atoms with Gasteiger partial charge in [-0.1, -0.05) is 96.8 Å². The van der Waals surface area contributed by atoms with Gasteiger partial charge in [0.25, 0.3) is 0 Å². The summed E-state index contributed by atoms with van der Waals surface area (Å²) in [6.07, 6.45) is 24.4. The van der Waals surface area contributed by atoms with Crippen LogP contribution < -0.4 is 10.6 Å². The molecule has 0 aliphatic carbocycles. The van der Waals surface area contributed by atoms with E-state index in [2.05, 4.69) is 54.0 Å². The predicted molar refractivity (Wildman–Crippen MR) is 150 cm³/mol. The van der Waals surface area contributed by atoms with Gasteiger partial charge in [-0.15, -0.1) is 0 Å². The Morgan fingerprint density at radius 2 is 1.19 bits per heavy atom. The second kappa shape index (κ2) is 21.9. The van der Waals surface area contributed by atoms with Crippen molar-refractivity contribution in [3.8, 4) is 0 Å². The summed E-state index contributed by atoms with van der Waals surface area (Å²) in [4.78, 5) is 36.9. The molecule has 0 bridgehead atoms. The molecule has 0 spiro atoms. The Labute approximate surface area is 220 Å². The second-order valence-corrected chi connectivity index (χ2v) is 9.77. The monoisotopic (exact) mass is 504 g/mol. The number of hydrogen-bond acceptors (Lipinski definition) is 3. The lowest BCUT2D eigenvalue weighted by molar-refractivity contribution is -0.144. The van der Waals surface area contributed by atoms with E-state index < -0.39 is 24.0 Å². The first-order valence-electron chi connectivity index (χ1n) is 14.1. The molecule has 6 heteroatoms. The molecule has 4 atom stereocenters. The van der Waals surface area contributed by atoms with Gasteiger partial charge in [-0.3, -0.25) is 9.59 Å². The van der Waals surface area contributed by atoms with Gasteiger partial charge in [0.15, 0.2) is 0 Å². The summed E-state index contributed by atoms with van der Waals surface area (Å²) in [5, 5.41) is 15.0. The van der Waals surface area contributed by atoms with E-state index in [-0.39, 0.29) is 17.7 Å². The Hall–Kier alpha value is -2.37. The topological polar surface area (TPSA) is 95.5 Å². The van der Waals surface area contributed by atoms with E-state index in [0.29, 0.717) is 19.3 Å². The quantitative estimate of drug-likeness (QED) is 0.119. The van der Waals surface area contributed by atoms with Gasteiger partial charge in [-0.05, 0) is 56.8 Å². The Bertz CT molecular complexity index is 699. The van der Waals surface area contributed by atoms with Gasteiger partial charge in [0, 0.05) is 6.42 Å². The summed E-state index contributed by atoms with van der Waals surface area (Å²) in [7, 11) is 0. The maximum atomic E-state index is 12.8. The molecule has 0 saturated carbocycles. The third kappa shape index (κ3) is 16.3. The molecule has 3 N–H and O–H groups in total. The van der Waals surface area contributed by atoms with Crippen LogP contribution in [-0.4, -0.2) is 35.0 Å². The first kappa shape index (κ1) is 33.6. The van der Waals surface area contributed by atoms with Crippen molar-refractivity contribution in [2.75, 3.05) is 0 Å². The standard InChI is InChI=1S/C30H52N2O4/c1-6-9-10-11-12-13-14-15-16-17-18-19-20-21-22-23-26(33)31-27(24(4)7-2)29(34)32-28(30(35)36)25(5)8-3/h12-13,15-16,18-19,24-25,27-28H,6-11,14,17,20-23H2,1-5H3,(H,31,33)(H,32,34)(H,35,36)/b13-12-,16-15-,19-18-/t24-,25-,27?,28-/m0/s1. The number of allylic oxidation sites excluding steroid dienone is 6. The summed E-state index contributed by atoms with van der Waals surface area (Å²) >= 11 is 0. The molecule has 36 heavy (non-hydrogen) atoms. The van der Waals surface area contributed by atoms with Gasteiger partial charge < -0.3 is 15.7 Å². The summed E-state index contributed by atoms with van der Waals surface area (Å²) in [6.45, 7) is 9.76. The van der Waals surface area contributed by atoms with Gasteiger partial charge >= 0.3 is 5.97 Å². The molecule has 2 amide bonds. The minimum absolute atomic E-state index is 0.0899. The van der Waals surface area contributed by atoms with Crippen LogP contribution in [0.1, 0.15) is 112 Å². The third-order valence-electron chi connectivity index (χ3n) is 6.63. The summed E-state index contributed by atoms with van der Waals surface area (Å²) < 4.78 is 0. The fourth-order valence-corrected chi connectivity index (χ4v) is 3.71. The number of aliphatic carboxylic acids is 1. The number of rotatable bonds is 21. The summed E-state index contributed by atoms with van der Waals surface area (Å²) in [5.41, 5.74) is 0. The van der Waals surface area contributed by atoms with Crippen LogP contribution in [0.15, 0.2) is 36.5 Å². The number of nitrogens with one attached hydrogen (secondary N) is 2. The van der Waals surface area contributed by atoms with Gasteiger partial charge in [0.2, 0.25) is 11.8 Å². The van der Waals surface area contributed by atoms with Crippen LogP contribution in [0.5, 0.6) is 0 Å². The molecular weight excluding hydrogens is 452 g/mol. The number of hydrogen-bond donors (Lipinski definition) is 3. The van der Waals surface area contributed by atoms with E-state index in [1.807, 2.05) is 20.8 Å². The zero-order valence-corrected chi connectivity index (χ0v) is 23.4. The summed E-state index contributed by atoms with van der Waals surface area (Å²) in [5.74, 6) is -1.92. The second-order valence-electron chi connectivity index (χ2n) is 9.77. The summed E-state index contributed by atoms with van der Waals surface area (Å²) in [6, 6.07) is -1.69. The highest BCUT2D eigenvalue weighted by molar-refractivity contribution is 5.90. The number of carbonyl (C=O) groups excluding carboxylic acids is 2. The van der Waals surface area contributed by atoms with Gasteiger partial charge in [-0.2, -0.15) is 0 Å². The van der Waals surface area contributed by atoms with Gasteiger partial charge in [0.05, 0.1) is 0 Å². The molecule has 0 heterocycles. The van der Waals surface area contributed by atoms with Crippen molar-refractivity contribution in [3.63, 3.8) is 0 Å². The number of carboxylic acid groups (broad SMARTS) is 1. The SMILES string of the molecule is CCCCC/C=C\C/C=C\C/C=C\CCCCC(=O)NC(C(=O)N[C@H](C(=O)O)[C@@H](C)CC)[C@@H](C)CC. The molecule has 1 unspecified atom stereocenters. The van der Waals surface area contributed by atoms with Crippen molar-refractivity contribution in [2.45, 2.75) is 124 Å². The maximum absolute atomic E-state index is 12.8. The Morgan fingerprint density at radius 3 is 1.69 bits per heavy atom. The fourth-order valence-electron chi connectivity index (χ4n) is 3.71. The normalized spacial score (nSPS) is 15.2. The van der Waals surface area contributed by atoms with Crippen LogP contribution >= 0.6 is 0 Å². The molecule has 0 aromatic carbocycles. The van der Waals surface area contributed by atoms with Crippen molar-refractivity contribution in [1.82, 2.24) is 10.6 Å². The minimum Gasteiger partial charge on any atom is -0.480 e. The van der Waals surface area contributed by atoms with E-state index in [4.69, 9.17) is 0 Å². The lowest BCUT2D eigenvalue weighted by atomic mass is 9.95. The molecule has 0 aromatic heterocycles. The van der Waals surface area contributed by atoms with Crippen molar-refractivity contribution in [3.05, 3.63) is 36.5 Å². The van der Waals surface area contributed by atoms with Crippen molar-refractivity contribution in [1.29, 1.82) is 0 Å². The highest BCUT2D eigenvalue weighted by atomic mass is 16.4. The minimum atomic E-state index is -1.05. The van der Waals surface area contributed by atoms with E-state index in [1.54, 1.807) is 6.92 Å². The van der Waals surface area contributed by atoms with Gasteiger partial charge in [0.1, 0.15) is 12.1 Å². The van der Waals surface area contributed by atoms with Crippen LogP contribution in [0, 0.1) is 11.8 Å². The molecule has 0 aliphatic heterocycles. The van der Waals surface area contributed by atoms with E-state index in [0.717, 1.165) is 32.1 Å². The van der Waals surface area contributed by atoms with E-state index in [9.17, 15) is 19.5 Å². The Balaban J connectivity index is 4.32. The zero-order chi connectivity index (χ0) is 27.2. The number of carbonyl (C=O) groups is 3. The Kier molecular flexibility index (Phi) is 20.4. The molecule has 0 saturated heterocycles. The molecular formula is C30H52N2O4. The molecule has 0 aromatic rings. The van der Waals surface area contributed by atoms with Crippen molar-refractivity contribution in [2.24, 2.45) is 11.8 Å². The van der Waals surface area contributed by atoms with Crippen molar-refractivity contribution >= 4 is 17.8 Å².